The molecule has 0 bridgehead atoms. The second kappa shape index (κ2) is 8.60. The second-order valence-electron chi connectivity index (χ2n) is 7.88. The molecule has 4 aromatic carbocycles. The number of aryl methyl sites for hydroxylation is 2. The van der Waals surface area contributed by atoms with Crippen molar-refractivity contribution in [2.24, 2.45) is 0 Å². The number of hydrogen-bond acceptors (Lipinski definition) is 2. The lowest BCUT2D eigenvalue weighted by atomic mass is 9.86. The van der Waals surface area contributed by atoms with Gasteiger partial charge in [0, 0.05) is 0 Å². The predicted octanol–water partition coefficient (Wildman–Crippen LogP) is 6.26. The zero-order valence-corrected chi connectivity index (χ0v) is 17.4. The van der Waals surface area contributed by atoms with Crippen molar-refractivity contribution in [3.05, 3.63) is 94.5 Å². The number of carbonyl (C=O) groups is 2. The molecule has 5 rings (SSSR count). The van der Waals surface area contributed by atoms with Gasteiger partial charge in [-0.25, -0.2) is 9.59 Å². The first-order chi connectivity index (χ1) is 15.0. The van der Waals surface area contributed by atoms with Crippen molar-refractivity contribution in [1.82, 2.24) is 0 Å². The van der Waals surface area contributed by atoms with Gasteiger partial charge in [0.25, 0.3) is 0 Å². The van der Waals surface area contributed by atoms with Gasteiger partial charge in [-0.3, -0.25) is 0 Å². The molecule has 0 atom stereocenters. The Morgan fingerprint density at radius 3 is 2.03 bits per heavy atom. The van der Waals surface area contributed by atoms with Crippen LogP contribution in [0.2, 0.25) is 0 Å². The van der Waals surface area contributed by atoms with E-state index in [-0.39, 0.29) is 16.7 Å². The van der Waals surface area contributed by atoms with Crippen LogP contribution in [0.5, 0.6) is 0 Å². The highest BCUT2D eigenvalue weighted by atomic mass is 16.4. The molecule has 0 amide bonds. The van der Waals surface area contributed by atoms with E-state index in [4.69, 9.17) is 10.2 Å². The van der Waals surface area contributed by atoms with E-state index in [2.05, 4.69) is 48.5 Å². The van der Waals surface area contributed by atoms with E-state index < -0.39 is 11.9 Å². The molecule has 0 unspecified atom stereocenters. The first-order valence-electron chi connectivity index (χ1n) is 10.5. The average molecular weight is 412 g/mol. The van der Waals surface area contributed by atoms with Crippen molar-refractivity contribution in [2.75, 3.05) is 0 Å². The lowest BCUT2D eigenvalue weighted by Crippen LogP contribution is -2.06. The number of fused-ring (bicyclic) bond motifs is 5. The Morgan fingerprint density at radius 2 is 1.32 bits per heavy atom. The SMILES string of the molecule is Cc1c(C(=O)O)cccc1C(=O)O.c1ccc2c(c1)ccc1c3c(ccc12)CCCC3. The van der Waals surface area contributed by atoms with Crippen molar-refractivity contribution in [3.63, 3.8) is 0 Å². The summed E-state index contributed by atoms with van der Waals surface area (Å²) in [5.74, 6) is -2.22. The van der Waals surface area contributed by atoms with Crippen LogP contribution in [0.25, 0.3) is 21.5 Å². The molecule has 0 aliphatic heterocycles. The van der Waals surface area contributed by atoms with Crippen LogP contribution < -0.4 is 0 Å². The highest BCUT2D eigenvalue weighted by Crippen LogP contribution is 2.33. The monoisotopic (exact) mass is 412 g/mol. The quantitative estimate of drug-likeness (QED) is 0.381. The first kappa shape index (κ1) is 20.6. The largest absolute Gasteiger partial charge is 0.478 e. The zero-order chi connectivity index (χ0) is 22.0. The van der Waals surface area contributed by atoms with E-state index in [1.807, 2.05) is 0 Å². The maximum Gasteiger partial charge on any atom is 0.335 e. The number of benzene rings is 4. The van der Waals surface area contributed by atoms with E-state index in [0.29, 0.717) is 0 Å². The molecular formula is C27H24O4. The predicted molar refractivity (Wildman–Crippen MR) is 123 cm³/mol. The van der Waals surface area contributed by atoms with E-state index in [9.17, 15) is 9.59 Å². The van der Waals surface area contributed by atoms with Crippen LogP contribution in [-0.4, -0.2) is 22.2 Å². The van der Waals surface area contributed by atoms with Crippen LogP contribution in [0.15, 0.2) is 66.7 Å². The Morgan fingerprint density at radius 1 is 0.677 bits per heavy atom. The molecule has 4 aromatic rings. The number of hydrogen-bond donors (Lipinski definition) is 2. The molecule has 156 valence electrons. The Kier molecular flexibility index (Phi) is 5.72. The highest BCUT2D eigenvalue weighted by molar-refractivity contribution is 6.08. The summed E-state index contributed by atoms with van der Waals surface area (Å²) in [5.41, 5.74) is 3.51. The molecule has 4 heteroatoms. The third kappa shape index (κ3) is 4.02. The molecule has 0 fully saturated rings. The number of carboxylic acid groups (broad SMARTS) is 2. The molecule has 0 aromatic heterocycles. The van der Waals surface area contributed by atoms with Gasteiger partial charge in [-0.05, 0) is 83.0 Å². The molecule has 1 aliphatic rings. The van der Waals surface area contributed by atoms with Crippen molar-refractivity contribution >= 4 is 33.5 Å². The smallest absolute Gasteiger partial charge is 0.335 e. The third-order valence-corrected chi connectivity index (χ3v) is 6.05. The summed E-state index contributed by atoms with van der Waals surface area (Å²) < 4.78 is 0. The van der Waals surface area contributed by atoms with E-state index >= 15 is 0 Å². The van der Waals surface area contributed by atoms with Crippen LogP contribution in [0, 0.1) is 6.92 Å². The number of carboxylic acids is 2. The maximum absolute atomic E-state index is 10.6. The normalized spacial score (nSPS) is 12.7. The van der Waals surface area contributed by atoms with Gasteiger partial charge in [-0.15, -0.1) is 0 Å². The van der Waals surface area contributed by atoms with Crippen molar-refractivity contribution < 1.29 is 19.8 Å². The Bertz CT molecular complexity index is 1270. The van der Waals surface area contributed by atoms with Crippen LogP contribution in [0.3, 0.4) is 0 Å². The van der Waals surface area contributed by atoms with E-state index in [1.54, 1.807) is 11.1 Å². The fourth-order valence-electron chi connectivity index (χ4n) is 4.44. The minimum Gasteiger partial charge on any atom is -0.478 e. The van der Waals surface area contributed by atoms with Gasteiger partial charge < -0.3 is 10.2 Å². The fourth-order valence-corrected chi connectivity index (χ4v) is 4.44. The summed E-state index contributed by atoms with van der Waals surface area (Å²) in [7, 11) is 0. The molecule has 0 heterocycles. The molecule has 0 saturated carbocycles. The molecule has 31 heavy (non-hydrogen) atoms. The Balaban J connectivity index is 0.000000159. The first-order valence-corrected chi connectivity index (χ1v) is 10.5. The summed E-state index contributed by atoms with van der Waals surface area (Å²) in [4.78, 5) is 21.2. The van der Waals surface area contributed by atoms with Gasteiger partial charge >= 0.3 is 11.9 Å². The molecule has 4 nitrogen and oxygen atoms in total. The van der Waals surface area contributed by atoms with Crippen LogP contribution in [-0.2, 0) is 12.8 Å². The minimum absolute atomic E-state index is 0.0277. The van der Waals surface area contributed by atoms with Crippen LogP contribution >= 0.6 is 0 Å². The highest BCUT2D eigenvalue weighted by Gasteiger charge is 2.14. The second-order valence-corrected chi connectivity index (χ2v) is 7.88. The van der Waals surface area contributed by atoms with Gasteiger partial charge in [0.1, 0.15) is 0 Å². The molecule has 2 N–H and O–H groups in total. The standard InChI is InChI=1S/C18H16.C9H8O4/c1-3-7-15-13(5-1)9-11-18-16-8-4-2-6-14(16)10-12-17(15)18;1-5-6(8(10)11)3-2-4-7(5)9(12)13/h1,3,5,7,9-12H,2,4,6,8H2;2-4H,1H3,(H,10,11)(H,12,13). The number of rotatable bonds is 2. The fraction of sp³-hybridized carbons (Fsp3) is 0.185. The molecule has 0 radical (unpaired) electrons. The summed E-state index contributed by atoms with van der Waals surface area (Å²) in [6.07, 6.45) is 5.22. The van der Waals surface area contributed by atoms with Crippen molar-refractivity contribution in [1.29, 1.82) is 0 Å². The molecular weight excluding hydrogens is 388 g/mol. The summed E-state index contributed by atoms with van der Waals surface area (Å²) in [5, 5.41) is 23.0. The molecule has 0 spiro atoms. The average Bonchev–Trinajstić information content (AvgIpc) is 2.79. The van der Waals surface area contributed by atoms with Gasteiger partial charge in [0.2, 0.25) is 0 Å². The van der Waals surface area contributed by atoms with E-state index in [1.165, 1.54) is 72.4 Å². The maximum atomic E-state index is 10.6. The van der Waals surface area contributed by atoms with Gasteiger partial charge in [-0.2, -0.15) is 0 Å². The lowest BCUT2D eigenvalue weighted by molar-refractivity contribution is 0.0696. The van der Waals surface area contributed by atoms with Gasteiger partial charge in [-0.1, -0.05) is 54.6 Å². The Hall–Kier alpha value is -3.66. The topological polar surface area (TPSA) is 74.6 Å². The van der Waals surface area contributed by atoms with E-state index in [0.717, 1.165) is 0 Å². The lowest BCUT2D eigenvalue weighted by Gasteiger charge is -2.18. The van der Waals surface area contributed by atoms with Gasteiger partial charge in [0.15, 0.2) is 0 Å². The van der Waals surface area contributed by atoms with Crippen LogP contribution in [0.1, 0.15) is 50.2 Å². The summed E-state index contributed by atoms with van der Waals surface area (Å²) in [6.45, 7) is 1.48. The van der Waals surface area contributed by atoms with Crippen molar-refractivity contribution in [3.8, 4) is 0 Å². The third-order valence-electron chi connectivity index (χ3n) is 6.05. The zero-order valence-electron chi connectivity index (χ0n) is 17.4. The summed E-state index contributed by atoms with van der Waals surface area (Å²) >= 11 is 0. The molecule has 0 saturated heterocycles. The minimum atomic E-state index is -1.11. The Labute approximate surface area is 180 Å². The number of aromatic carboxylic acids is 2. The van der Waals surface area contributed by atoms with Gasteiger partial charge in [0.05, 0.1) is 11.1 Å². The summed E-state index contributed by atoms with van der Waals surface area (Å²) in [6, 6.07) is 22.1. The van der Waals surface area contributed by atoms with Crippen molar-refractivity contribution in [2.45, 2.75) is 32.6 Å². The molecule has 1 aliphatic carbocycles. The van der Waals surface area contributed by atoms with Crippen LogP contribution in [0.4, 0.5) is 0 Å².